The molecular weight excluding hydrogens is 160 g/mol. The lowest BCUT2D eigenvalue weighted by atomic mass is 9.98. The van der Waals surface area contributed by atoms with Crippen molar-refractivity contribution < 1.29 is 0 Å². The van der Waals surface area contributed by atoms with E-state index in [1.807, 2.05) is 0 Å². The maximum absolute atomic E-state index is 5.94. The third kappa shape index (κ3) is 2.23. The first kappa shape index (κ1) is 9.47. The highest BCUT2D eigenvalue weighted by Gasteiger charge is 2.29. The van der Waals surface area contributed by atoms with Crippen LogP contribution in [0.2, 0.25) is 0 Å². The molecule has 2 fully saturated rings. The summed E-state index contributed by atoms with van der Waals surface area (Å²) in [5, 5.41) is 0. The van der Waals surface area contributed by atoms with Crippen LogP contribution in [0.1, 0.15) is 39.0 Å². The molecule has 0 spiro atoms. The number of nitrogens with zero attached hydrogens (tertiary/aromatic N) is 1. The molecule has 2 nitrogen and oxygen atoms in total. The number of rotatable bonds is 1. The SMILES string of the molecule is CC1CCCN(C2CCC(N)C2)C1. The zero-order valence-corrected chi connectivity index (χ0v) is 8.71. The molecule has 0 radical (unpaired) electrons. The standard InChI is InChI=1S/C11H22N2/c1-9-3-2-6-13(8-9)11-5-4-10(12)7-11/h9-11H,2-8,12H2,1H3. The molecule has 1 aliphatic heterocycles. The number of hydrogen-bond donors (Lipinski definition) is 1. The molecule has 2 aliphatic rings. The van der Waals surface area contributed by atoms with Crippen molar-refractivity contribution >= 4 is 0 Å². The smallest absolute Gasteiger partial charge is 0.0111 e. The minimum Gasteiger partial charge on any atom is -0.328 e. The molecule has 1 saturated carbocycles. The average Bonchev–Trinajstić information content (AvgIpc) is 2.52. The summed E-state index contributed by atoms with van der Waals surface area (Å²) in [6.45, 7) is 5.01. The van der Waals surface area contributed by atoms with E-state index in [2.05, 4.69) is 11.8 Å². The highest BCUT2D eigenvalue weighted by atomic mass is 15.2. The Hall–Kier alpha value is -0.0800. The molecule has 3 unspecified atom stereocenters. The van der Waals surface area contributed by atoms with Gasteiger partial charge in [0.1, 0.15) is 0 Å². The number of hydrogen-bond acceptors (Lipinski definition) is 2. The van der Waals surface area contributed by atoms with Gasteiger partial charge in [-0.05, 0) is 44.6 Å². The Kier molecular flexibility index (Phi) is 2.89. The molecule has 0 amide bonds. The van der Waals surface area contributed by atoms with Crippen LogP contribution in [0.3, 0.4) is 0 Å². The van der Waals surface area contributed by atoms with Crippen LogP contribution >= 0.6 is 0 Å². The van der Waals surface area contributed by atoms with Crippen LogP contribution in [0.5, 0.6) is 0 Å². The van der Waals surface area contributed by atoms with Gasteiger partial charge in [-0.15, -0.1) is 0 Å². The van der Waals surface area contributed by atoms with Gasteiger partial charge in [0.05, 0.1) is 0 Å². The predicted molar refractivity (Wildman–Crippen MR) is 55.6 cm³/mol. The van der Waals surface area contributed by atoms with Crippen LogP contribution in [0.15, 0.2) is 0 Å². The van der Waals surface area contributed by atoms with Gasteiger partial charge in [-0.3, -0.25) is 0 Å². The van der Waals surface area contributed by atoms with Crippen molar-refractivity contribution in [2.75, 3.05) is 13.1 Å². The van der Waals surface area contributed by atoms with E-state index in [1.165, 1.54) is 45.2 Å². The number of nitrogens with two attached hydrogens (primary N) is 1. The molecule has 0 bridgehead atoms. The maximum Gasteiger partial charge on any atom is 0.0111 e. The number of piperidine rings is 1. The Morgan fingerprint density at radius 2 is 2.08 bits per heavy atom. The van der Waals surface area contributed by atoms with Crippen LogP contribution in [0.4, 0.5) is 0 Å². The summed E-state index contributed by atoms with van der Waals surface area (Å²) >= 11 is 0. The summed E-state index contributed by atoms with van der Waals surface area (Å²) < 4.78 is 0. The molecule has 13 heavy (non-hydrogen) atoms. The summed E-state index contributed by atoms with van der Waals surface area (Å²) in [5.74, 6) is 0.908. The van der Waals surface area contributed by atoms with Gasteiger partial charge in [0, 0.05) is 18.6 Å². The molecule has 0 aromatic rings. The van der Waals surface area contributed by atoms with E-state index in [9.17, 15) is 0 Å². The zero-order valence-electron chi connectivity index (χ0n) is 8.71. The molecule has 0 aromatic carbocycles. The second-order valence-corrected chi connectivity index (χ2v) is 4.97. The first-order valence-corrected chi connectivity index (χ1v) is 5.75. The Morgan fingerprint density at radius 1 is 1.23 bits per heavy atom. The Bertz CT molecular complexity index is 169. The molecule has 2 rings (SSSR count). The molecule has 76 valence electrons. The second kappa shape index (κ2) is 3.97. The normalized spacial score (nSPS) is 42.5. The Balaban J connectivity index is 1.85. The molecule has 2 heteroatoms. The van der Waals surface area contributed by atoms with Crippen LogP contribution in [-0.4, -0.2) is 30.1 Å². The monoisotopic (exact) mass is 182 g/mol. The maximum atomic E-state index is 5.94. The van der Waals surface area contributed by atoms with Gasteiger partial charge in [0.2, 0.25) is 0 Å². The quantitative estimate of drug-likeness (QED) is 0.667. The van der Waals surface area contributed by atoms with Crippen molar-refractivity contribution in [1.82, 2.24) is 4.90 Å². The minimum absolute atomic E-state index is 0.488. The first-order chi connectivity index (χ1) is 6.25. The van der Waals surface area contributed by atoms with E-state index in [0.717, 1.165) is 12.0 Å². The van der Waals surface area contributed by atoms with Gasteiger partial charge >= 0.3 is 0 Å². The van der Waals surface area contributed by atoms with Crippen molar-refractivity contribution in [3.63, 3.8) is 0 Å². The molecule has 3 atom stereocenters. The van der Waals surface area contributed by atoms with E-state index in [0.29, 0.717) is 6.04 Å². The van der Waals surface area contributed by atoms with Gasteiger partial charge in [0.15, 0.2) is 0 Å². The zero-order chi connectivity index (χ0) is 9.26. The fraction of sp³-hybridized carbons (Fsp3) is 1.00. The van der Waals surface area contributed by atoms with Crippen LogP contribution < -0.4 is 5.73 Å². The van der Waals surface area contributed by atoms with Crippen molar-refractivity contribution in [3.05, 3.63) is 0 Å². The lowest BCUT2D eigenvalue weighted by molar-refractivity contribution is 0.131. The molecule has 1 heterocycles. The van der Waals surface area contributed by atoms with E-state index in [4.69, 9.17) is 5.73 Å². The van der Waals surface area contributed by atoms with Crippen LogP contribution in [0.25, 0.3) is 0 Å². The third-order valence-corrected chi connectivity index (χ3v) is 3.65. The van der Waals surface area contributed by atoms with E-state index >= 15 is 0 Å². The van der Waals surface area contributed by atoms with Gasteiger partial charge in [-0.25, -0.2) is 0 Å². The fourth-order valence-corrected chi connectivity index (χ4v) is 2.88. The first-order valence-electron chi connectivity index (χ1n) is 5.75. The molecule has 2 N–H and O–H groups in total. The van der Waals surface area contributed by atoms with Gasteiger partial charge < -0.3 is 10.6 Å². The van der Waals surface area contributed by atoms with E-state index < -0.39 is 0 Å². The largest absolute Gasteiger partial charge is 0.328 e. The van der Waals surface area contributed by atoms with Crippen molar-refractivity contribution in [2.45, 2.75) is 51.1 Å². The van der Waals surface area contributed by atoms with Crippen molar-refractivity contribution in [1.29, 1.82) is 0 Å². The lowest BCUT2D eigenvalue weighted by Crippen LogP contribution is -2.41. The van der Waals surface area contributed by atoms with E-state index in [-0.39, 0.29) is 0 Å². The molecule has 1 aliphatic carbocycles. The van der Waals surface area contributed by atoms with E-state index in [1.54, 1.807) is 0 Å². The summed E-state index contributed by atoms with van der Waals surface area (Å²) in [7, 11) is 0. The second-order valence-electron chi connectivity index (χ2n) is 4.97. The topological polar surface area (TPSA) is 29.3 Å². The van der Waals surface area contributed by atoms with Gasteiger partial charge in [0.25, 0.3) is 0 Å². The van der Waals surface area contributed by atoms with Gasteiger partial charge in [-0.2, -0.15) is 0 Å². The molecule has 0 aromatic heterocycles. The minimum atomic E-state index is 0.488. The fourth-order valence-electron chi connectivity index (χ4n) is 2.88. The van der Waals surface area contributed by atoms with Crippen molar-refractivity contribution in [3.8, 4) is 0 Å². The average molecular weight is 182 g/mol. The molecular formula is C11H22N2. The summed E-state index contributed by atoms with van der Waals surface area (Å²) in [6, 6.07) is 1.31. The predicted octanol–water partition coefficient (Wildman–Crippen LogP) is 1.60. The Labute approximate surface area is 81.5 Å². The Morgan fingerprint density at radius 3 is 2.69 bits per heavy atom. The van der Waals surface area contributed by atoms with Crippen LogP contribution in [0, 0.1) is 5.92 Å². The third-order valence-electron chi connectivity index (χ3n) is 3.65. The molecule has 1 saturated heterocycles. The lowest BCUT2D eigenvalue weighted by Gasteiger charge is -2.35. The highest BCUT2D eigenvalue weighted by Crippen LogP contribution is 2.27. The van der Waals surface area contributed by atoms with Crippen molar-refractivity contribution in [2.24, 2.45) is 11.7 Å². The van der Waals surface area contributed by atoms with Gasteiger partial charge in [-0.1, -0.05) is 6.92 Å². The summed E-state index contributed by atoms with van der Waals surface area (Å²) in [6.07, 6.45) is 6.65. The summed E-state index contributed by atoms with van der Waals surface area (Å²) in [4.78, 5) is 2.68. The van der Waals surface area contributed by atoms with Crippen LogP contribution in [-0.2, 0) is 0 Å². The number of likely N-dealkylation sites (tertiary alicyclic amines) is 1. The summed E-state index contributed by atoms with van der Waals surface area (Å²) in [5.41, 5.74) is 5.94. The highest BCUT2D eigenvalue weighted by molar-refractivity contribution is 4.86.